The molecular weight excluding hydrogens is 1170 g/mol. The predicted molar refractivity (Wildman–Crippen MR) is 316 cm³/mol. The standard InChI is InChI=1S/C56H66ClF3N6O10P2S3/c1-39(2)66-40(3)55(80(4,71)72)53(54(66)42-13-15-44(57)16-14-42)43-9-8-10-48(35-43)64-31-29-63(30-32-64)46-17-19-47(20-18-46)65-33-34-75-77(65,67)49-21-22-51(52(36-49)81(73,74)56(58,59)60)61-45(38-79-50-11-6-5-7-12-50)25-28-62-26-23-41(24-27-62)37-76-78(68,69)70/h5-22,35-36,39,41,45,61H,23-34,37-38H2,1-4H3,(H2,68,69,70)/t45-,77-/m1/s1. The Morgan fingerprint density at radius 3 is 2.07 bits per heavy atom. The minimum absolute atomic E-state index is 0.0303. The van der Waals surface area contributed by atoms with Crippen molar-refractivity contribution in [2.75, 3.05) is 97.4 Å². The SMILES string of the molecule is Cc1c(S(C)(=O)=O)c(-c2cccc(N3CCN(c4ccc(N5CCO[P@]5(=O)c5ccc(N[C@H](CCN6CCC(COP(=O)(O)O)CC6)CSc6ccccc6)c(S(=O)(=O)C(F)(F)F)c5)cc4)CC3)c2)c(-c2ccc(Cl)cc2)n1C(C)C. The van der Waals surface area contributed by atoms with Crippen LogP contribution in [0.1, 0.15) is 44.8 Å². The van der Waals surface area contributed by atoms with Gasteiger partial charge in [-0.25, -0.2) is 21.4 Å². The quantitative estimate of drug-likeness (QED) is 0.0483. The van der Waals surface area contributed by atoms with Crippen LogP contribution in [-0.2, 0) is 37.9 Å². The average Bonchev–Trinajstić information content (AvgIpc) is 4.22. The highest BCUT2D eigenvalue weighted by Crippen LogP contribution is 2.56. The maximum atomic E-state index is 15.0. The molecule has 0 spiro atoms. The van der Waals surface area contributed by atoms with E-state index < -0.39 is 51.5 Å². The molecule has 436 valence electrons. The summed E-state index contributed by atoms with van der Waals surface area (Å²) in [7, 11) is -18.4. The summed E-state index contributed by atoms with van der Waals surface area (Å²) in [6.07, 6.45) is 2.89. The van der Waals surface area contributed by atoms with Crippen LogP contribution in [0.5, 0.6) is 0 Å². The second-order valence-electron chi connectivity index (χ2n) is 20.9. The number of nitrogens with zero attached hydrogens (tertiary/aromatic N) is 5. The topological polar surface area (TPSA) is 191 Å². The zero-order valence-electron chi connectivity index (χ0n) is 45.2. The lowest BCUT2D eigenvalue weighted by molar-refractivity contribution is -0.0435. The molecular formula is C56H66ClF3N6O10P2S3. The number of nitrogens with one attached hydrogen (secondary N) is 1. The number of halogens is 4. The van der Waals surface area contributed by atoms with Gasteiger partial charge in [0.1, 0.15) is 4.90 Å². The van der Waals surface area contributed by atoms with E-state index in [-0.39, 0.29) is 47.6 Å². The molecule has 3 aliphatic heterocycles. The first kappa shape index (κ1) is 60.8. The number of piperidine rings is 1. The van der Waals surface area contributed by atoms with E-state index in [0.717, 1.165) is 39.2 Å². The minimum atomic E-state index is -6.00. The summed E-state index contributed by atoms with van der Waals surface area (Å²) in [6, 6.07) is 34.9. The highest BCUT2D eigenvalue weighted by atomic mass is 35.5. The Balaban J connectivity index is 0.913. The van der Waals surface area contributed by atoms with Crippen LogP contribution in [0.3, 0.4) is 0 Å². The number of sulfone groups is 2. The van der Waals surface area contributed by atoms with Crippen LogP contribution in [0.15, 0.2) is 136 Å². The number of aromatic nitrogens is 1. The van der Waals surface area contributed by atoms with Gasteiger partial charge in [-0.3, -0.25) is 13.8 Å². The van der Waals surface area contributed by atoms with Crippen LogP contribution in [0.2, 0.25) is 5.02 Å². The molecule has 3 fully saturated rings. The molecule has 0 aliphatic carbocycles. The summed E-state index contributed by atoms with van der Waals surface area (Å²) in [5.41, 5.74) is -0.00563. The number of alkyl halides is 3. The number of piperazine rings is 1. The van der Waals surface area contributed by atoms with E-state index in [4.69, 9.17) is 30.4 Å². The maximum absolute atomic E-state index is 15.0. The van der Waals surface area contributed by atoms with Crippen LogP contribution >= 0.6 is 38.7 Å². The number of anilines is 4. The molecule has 16 nitrogen and oxygen atoms in total. The number of phosphoric acid groups is 1. The van der Waals surface area contributed by atoms with E-state index in [1.54, 1.807) is 24.3 Å². The Morgan fingerprint density at radius 2 is 1.46 bits per heavy atom. The summed E-state index contributed by atoms with van der Waals surface area (Å²) in [6.45, 7) is 10.1. The van der Waals surface area contributed by atoms with Gasteiger partial charge in [-0.15, -0.1) is 11.8 Å². The van der Waals surface area contributed by atoms with Gasteiger partial charge < -0.3 is 38.9 Å². The fraction of sp³-hybridized carbons (Fsp3) is 0.393. The van der Waals surface area contributed by atoms with Crippen LogP contribution < -0.4 is 25.1 Å². The van der Waals surface area contributed by atoms with E-state index >= 15 is 4.57 Å². The molecule has 25 heteroatoms. The zero-order chi connectivity index (χ0) is 58.1. The van der Waals surface area contributed by atoms with Crippen LogP contribution in [0.25, 0.3) is 22.4 Å². The summed E-state index contributed by atoms with van der Waals surface area (Å²) in [4.78, 5) is 25.0. The van der Waals surface area contributed by atoms with Gasteiger partial charge in [0.25, 0.3) is 9.84 Å². The van der Waals surface area contributed by atoms with E-state index in [0.29, 0.717) is 92.8 Å². The highest BCUT2D eigenvalue weighted by Gasteiger charge is 2.50. The van der Waals surface area contributed by atoms with Gasteiger partial charge in [-0.2, -0.15) is 13.2 Å². The molecule has 9 rings (SSSR count). The average molecular weight is 1230 g/mol. The fourth-order valence-corrected chi connectivity index (χ4v) is 17.0. The molecule has 3 saturated heterocycles. The molecule has 4 heterocycles. The van der Waals surface area contributed by atoms with Crippen molar-refractivity contribution in [1.82, 2.24) is 9.47 Å². The first-order chi connectivity index (χ1) is 38.3. The van der Waals surface area contributed by atoms with Crippen molar-refractivity contribution in [3.05, 3.63) is 132 Å². The van der Waals surface area contributed by atoms with Gasteiger partial charge in [0.2, 0.25) is 0 Å². The number of hydrogen-bond donors (Lipinski definition) is 3. The highest BCUT2D eigenvalue weighted by molar-refractivity contribution is 7.99. The zero-order valence-corrected chi connectivity index (χ0v) is 50.2. The third kappa shape index (κ3) is 13.9. The van der Waals surface area contributed by atoms with Crippen molar-refractivity contribution >= 4 is 86.4 Å². The molecule has 0 radical (unpaired) electrons. The van der Waals surface area contributed by atoms with Gasteiger partial charge in [0, 0.05) is 95.1 Å². The fourth-order valence-electron chi connectivity index (χ4n) is 11.0. The molecule has 81 heavy (non-hydrogen) atoms. The lowest BCUT2D eigenvalue weighted by Gasteiger charge is -2.37. The predicted octanol–water partition coefficient (Wildman–Crippen LogP) is 11.5. The van der Waals surface area contributed by atoms with Gasteiger partial charge in [0.15, 0.2) is 9.84 Å². The minimum Gasteiger partial charge on any atom is -0.380 e. The number of likely N-dealkylation sites (tertiary alicyclic amines) is 1. The van der Waals surface area contributed by atoms with Crippen molar-refractivity contribution in [3.8, 4) is 22.4 Å². The van der Waals surface area contributed by atoms with E-state index in [9.17, 15) is 34.6 Å². The molecule has 1 aromatic heterocycles. The van der Waals surface area contributed by atoms with Gasteiger partial charge >= 0.3 is 20.9 Å². The molecule has 3 N–H and O–H groups in total. The molecule has 0 bridgehead atoms. The Bertz CT molecular complexity index is 3530. The molecule has 3 aliphatic rings. The van der Waals surface area contributed by atoms with E-state index in [2.05, 4.69) is 24.6 Å². The Kier molecular flexibility index (Phi) is 18.6. The molecule has 5 aromatic carbocycles. The molecule has 0 amide bonds. The third-order valence-electron chi connectivity index (χ3n) is 15.0. The second kappa shape index (κ2) is 24.8. The van der Waals surface area contributed by atoms with Crippen LogP contribution in [0, 0.1) is 12.8 Å². The van der Waals surface area contributed by atoms with Crippen molar-refractivity contribution in [3.63, 3.8) is 0 Å². The van der Waals surface area contributed by atoms with Crippen molar-refractivity contribution in [2.45, 2.75) is 72.3 Å². The lowest BCUT2D eigenvalue weighted by atomic mass is 9.97. The third-order valence-corrected chi connectivity index (χ3v) is 22.2. The van der Waals surface area contributed by atoms with Gasteiger partial charge in [-0.1, -0.05) is 54.1 Å². The number of benzene rings is 5. The normalized spacial score (nSPS) is 18.5. The maximum Gasteiger partial charge on any atom is 0.501 e. The monoisotopic (exact) mass is 1230 g/mol. The second-order valence-corrected chi connectivity index (χ2v) is 29.8. The smallest absolute Gasteiger partial charge is 0.380 e. The van der Waals surface area contributed by atoms with Crippen molar-refractivity contribution in [1.29, 1.82) is 0 Å². The summed E-state index contributed by atoms with van der Waals surface area (Å²) in [5, 5.41) is 3.49. The largest absolute Gasteiger partial charge is 0.501 e. The molecule has 0 unspecified atom stereocenters. The first-order valence-electron chi connectivity index (χ1n) is 26.6. The van der Waals surface area contributed by atoms with Gasteiger partial charge in [0.05, 0.1) is 41.3 Å². The molecule has 0 saturated carbocycles. The number of thioether (sulfide) groups is 1. The van der Waals surface area contributed by atoms with E-state index in [1.165, 1.54) is 34.8 Å². The van der Waals surface area contributed by atoms with Crippen LogP contribution in [0.4, 0.5) is 35.9 Å². The van der Waals surface area contributed by atoms with Crippen molar-refractivity contribution in [2.24, 2.45) is 5.92 Å². The van der Waals surface area contributed by atoms with Crippen molar-refractivity contribution < 1.29 is 58.0 Å². The summed E-state index contributed by atoms with van der Waals surface area (Å²) in [5.74, 6) is 0.303. The molecule has 6 aromatic rings. The number of phosphoric ester groups is 1. The summed E-state index contributed by atoms with van der Waals surface area (Å²) >= 11 is 7.75. The van der Waals surface area contributed by atoms with E-state index in [1.807, 2.05) is 99.6 Å². The Hall–Kier alpha value is -4.83. The number of hydrogen-bond acceptors (Lipinski definition) is 13. The summed E-state index contributed by atoms with van der Waals surface area (Å²) < 4.78 is 138. The van der Waals surface area contributed by atoms with Gasteiger partial charge in [-0.05, 0) is 149 Å². The lowest BCUT2D eigenvalue weighted by Crippen LogP contribution is -2.46. The van der Waals surface area contributed by atoms with Crippen LogP contribution in [-0.4, -0.2) is 125 Å². The number of rotatable bonds is 20. The Morgan fingerprint density at radius 1 is 0.815 bits per heavy atom. The molecule has 2 atom stereocenters. The first-order valence-corrected chi connectivity index (χ1v) is 34.4. The Labute approximate surface area is 481 Å².